The number of alkyl halides is 6. The minimum atomic E-state index is -5.23. The number of nitrogen functional groups attached to an aromatic ring is 2. The molecule has 4 rings (SSSR count). The number of hydrogen-bond acceptors (Lipinski definition) is 8. The summed E-state index contributed by atoms with van der Waals surface area (Å²) in [5.74, 6) is -2.48. The van der Waals surface area contributed by atoms with E-state index in [0.29, 0.717) is 16.7 Å². The molecule has 0 amide bonds. The lowest BCUT2D eigenvalue weighted by atomic mass is 10.1. The van der Waals surface area contributed by atoms with Crippen molar-refractivity contribution in [2.75, 3.05) is 16.8 Å². The summed E-state index contributed by atoms with van der Waals surface area (Å²) in [4.78, 5) is 25.1. The number of benzene rings is 2. The van der Waals surface area contributed by atoms with Gasteiger partial charge in [-0.3, -0.25) is 9.36 Å². The van der Waals surface area contributed by atoms with Crippen LogP contribution in [0.2, 0.25) is 0 Å². The van der Waals surface area contributed by atoms with Crippen LogP contribution in [-0.4, -0.2) is 19.5 Å². The lowest BCUT2D eigenvalue weighted by Crippen LogP contribution is -2.29. The third-order valence-corrected chi connectivity index (χ3v) is 5.51. The van der Waals surface area contributed by atoms with Crippen LogP contribution in [0.5, 0.6) is 0 Å². The molecule has 1 atom stereocenters. The van der Waals surface area contributed by atoms with Gasteiger partial charge in [0.1, 0.15) is 34.5 Å². The quantitative estimate of drug-likeness (QED) is 0.312. The fourth-order valence-electron chi connectivity index (χ4n) is 3.79. The predicted molar refractivity (Wildman–Crippen MR) is 125 cm³/mol. The van der Waals surface area contributed by atoms with Gasteiger partial charge in [-0.05, 0) is 37.3 Å². The van der Waals surface area contributed by atoms with Crippen molar-refractivity contribution in [2.45, 2.75) is 25.3 Å². The summed E-state index contributed by atoms with van der Waals surface area (Å²) in [6, 6.07) is 4.32. The van der Waals surface area contributed by atoms with Gasteiger partial charge in [0.25, 0.3) is 5.56 Å². The molecule has 2 aromatic heterocycles. The standard InChI is InChI=1S/C23H15F7N8O/c1-9(34-18-13(8-31)17(32)36-21(33)37-18)19-35-15-4-2-3-14(24)16(15)20(39)38(19)12-6-10(22(25,26)27)5-11(7-12)23(28,29)30/h2-7,9H,1H3,(H5,32,33,34,36,37). The number of nitrogens with zero attached hydrogens (tertiary/aromatic N) is 5. The largest absolute Gasteiger partial charge is 0.416 e. The fourth-order valence-corrected chi connectivity index (χ4v) is 3.79. The van der Waals surface area contributed by atoms with E-state index in [1.165, 1.54) is 19.1 Å². The third-order valence-electron chi connectivity index (χ3n) is 5.51. The van der Waals surface area contributed by atoms with Crippen LogP contribution in [0.3, 0.4) is 0 Å². The molecule has 1 unspecified atom stereocenters. The molecule has 0 fully saturated rings. The number of rotatable bonds is 4. The molecule has 0 spiro atoms. The van der Waals surface area contributed by atoms with Crippen LogP contribution in [0.25, 0.3) is 16.6 Å². The van der Waals surface area contributed by atoms with E-state index < -0.39 is 57.8 Å². The molecule has 0 aliphatic heterocycles. The maximum Gasteiger partial charge on any atom is 0.416 e. The average Bonchev–Trinajstić information content (AvgIpc) is 2.82. The molecule has 0 saturated heterocycles. The first-order chi connectivity index (χ1) is 18.1. The molecule has 5 N–H and O–H groups in total. The Morgan fingerprint density at radius 3 is 2.18 bits per heavy atom. The molecule has 39 heavy (non-hydrogen) atoms. The van der Waals surface area contributed by atoms with E-state index in [4.69, 9.17) is 11.5 Å². The molecule has 202 valence electrons. The van der Waals surface area contributed by atoms with Crippen molar-refractivity contribution >= 4 is 28.5 Å². The van der Waals surface area contributed by atoms with Crippen LogP contribution in [0.4, 0.5) is 48.3 Å². The van der Waals surface area contributed by atoms with Crippen molar-refractivity contribution in [2.24, 2.45) is 0 Å². The third kappa shape index (κ3) is 5.10. The lowest BCUT2D eigenvalue weighted by Gasteiger charge is -2.22. The smallest absolute Gasteiger partial charge is 0.382 e. The molecule has 2 heterocycles. The number of halogens is 7. The number of anilines is 3. The first-order valence-electron chi connectivity index (χ1n) is 10.7. The highest BCUT2D eigenvalue weighted by Gasteiger charge is 2.37. The number of nitrogens with one attached hydrogen (secondary N) is 1. The van der Waals surface area contributed by atoms with Gasteiger partial charge in [-0.15, -0.1) is 0 Å². The highest BCUT2D eigenvalue weighted by molar-refractivity contribution is 5.79. The Morgan fingerprint density at radius 2 is 1.62 bits per heavy atom. The molecule has 9 nitrogen and oxygen atoms in total. The Bertz CT molecular complexity index is 1670. The highest BCUT2D eigenvalue weighted by Crippen LogP contribution is 2.37. The lowest BCUT2D eigenvalue weighted by molar-refractivity contribution is -0.143. The highest BCUT2D eigenvalue weighted by atomic mass is 19.4. The zero-order valence-corrected chi connectivity index (χ0v) is 19.5. The number of fused-ring (bicyclic) bond motifs is 1. The van der Waals surface area contributed by atoms with Crippen LogP contribution < -0.4 is 22.3 Å². The first kappa shape index (κ1) is 27.1. The Hall–Kier alpha value is -4.94. The van der Waals surface area contributed by atoms with Gasteiger partial charge < -0.3 is 16.8 Å². The van der Waals surface area contributed by atoms with E-state index in [2.05, 4.69) is 20.3 Å². The number of nitriles is 1. The Kier molecular flexibility index (Phi) is 6.55. The van der Waals surface area contributed by atoms with E-state index in [9.17, 15) is 40.8 Å². The van der Waals surface area contributed by atoms with Gasteiger partial charge in [-0.2, -0.15) is 41.6 Å². The summed E-state index contributed by atoms with van der Waals surface area (Å²) >= 11 is 0. The van der Waals surface area contributed by atoms with Crippen molar-refractivity contribution < 1.29 is 30.7 Å². The number of aromatic nitrogens is 4. The van der Waals surface area contributed by atoms with Crippen molar-refractivity contribution in [3.05, 3.63) is 75.1 Å². The second kappa shape index (κ2) is 9.42. The Morgan fingerprint density at radius 1 is 1.00 bits per heavy atom. The van der Waals surface area contributed by atoms with Crippen molar-refractivity contribution in [1.82, 2.24) is 19.5 Å². The summed E-state index contributed by atoms with van der Waals surface area (Å²) in [5, 5.41) is 11.4. The summed E-state index contributed by atoms with van der Waals surface area (Å²) in [6.07, 6.45) is -10.5. The second-order valence-electron chi connectivity index (χ2n) is 8.18. The van der Waals surface area contributed by atoms with Gasteiger partial charge in [-0.1, -0.05) is 6.07 Å². The molecule has 16 heteroatoms. The molecule has 0 aliphatic carbocycles. The van der Waals surface area contributed by atoms with E-state index in [1.54, 1.807) is 6.07 Å². The maximum absolute atomic E-state index is 14.6. The van der Waals surface area contributed by atoms with Gasteiger partial charge in [-0.25, -0.2) is 9.37 Å². The van der Waals surface area contributed by atoms with Gasteiger partial charge in [0.2, 0.25) is 5.95 Å². The fraction of sp³-hybridized carbons (Fsp3) is 0.174. The zero-order valence-electron chi connectivity index (χ0n) is 19.5. The molecule has 0 radical (unpaired) electrons. The Balaban J connectivity index is 2.05. The molecular formula is C23H15F7N8O. The normalized spacial score (nSPS) is 12.8. The second-order valence-corrected chi connectivity index (χ2v) is 8.18. The average molecular weight is 552 g/mol. The molecule has 4 aromatic rings. The molecule has 0 bridgehead atoms. The van der Waals surface area contributed by atoms with Crippen molar-refractivity contribution in [3.63, 3.8) is 0 Å². The first-order valence-corrected chi connectivity index (χ1v) is 10.7. The summed E-state index contributed by atoms with van der Waals surface area (Å²) < 4.78 is 96.4. The minimum Gasteiger partial charge on any atom is -0.382 e. The molecule has 0 saturated carbocycles. The van der Waals surface area contributed by atoms with Crippen molar-refractivity contribution in [3.8, 4) is 11.8 Å². The van der Waals surface area contributed by atoms with Crippen LogP contribution in [0.15, 0.2) is 41.2 Å². The summed E-state index contributed by atoms with van der Waals surface area (Å²) in [5.41, 5.74) is 5.16. The van der Waals surface area contributed by atoms with Gasteiger partial charge in [0, 0.05) is 0 Å². The number of nitrogens with two attached hydrogens (primary N) is 2. The van der Waals surface area contributed by atoms with Gasteiger partial charge in [0.15, 0.2) is 5.82 Å². The van der Waals surface area contributed by atoms with Crippen LogP contribution >= 0.6 is 0 Å². The van der Waals surface area contributed by atoms with Crippen LogP contribution in [0, 0.1) is 17.1 Å². The van der Waals surface area contributed by atoms with E-state index in [-0.39, 0.29) is 34.7 Å². The monoisotopic (exact) mass is 552 g/mol. The van der Waals surface area contributed by atoms with Gasteiger partial charge >= 0.3 is 12.4 Å². The summed E-state index contributed by atoms with van der Waals surface area (Å²) in [7, 11) is 0. The zero-order chi connectivity index (χ0) is 28.9. The van der Waals surface area contributed by atoms with Crippen LogP contribution in [0.1, 0.15) is 35.5 Å². The van der Waals surface area contributed by atoms with E-state index in [1.807, 2.05) is 0 Å². The van der Waals surface area contributed by atoms with Crippen molar-refractivity contribution in [1.29, 1.82) is 5.26 Å². The molecule has 0 aliphatic rings. The summed E-state index contributed by atoms with van der Waals surface area (Å²) in [6.45, 7) is 1.32. The van der Waals surface area contributed by atoms with E-state index in [0.717, 1.165) is 6.07 Å². The van der Waals surface area contributed by atoms with Gasteiger partial charge in [0.05, 0.1) is 28.4 Å². The topological polar surface area (TPSA) is 149 Å². The molecular weight excluding hydrogens is 537 g/mol. The maximum atomic E-state index is 14.6. The predicted octanol–water partition coefficient (Wildman–Crippen LogP) is 4.56. The number of hydrogen-bond donors (Lipinski definition) is 3. The Labute approximate surface area is 213 Å². The SMILES string of the molecule is CC(Nc1nc(N)nc(N)c1C#N)c1nc2cccc(F)c2c(=O)n1-c1cc(C(F)(F)F)cc(C(F)(F)F)c1. The minimum absolute atomic E-state index is 0.114. The van der Waals surface area contributed by atoms with Crippen LogP contribution in [-0.2, 0) is 12.4 Å². The van der Waals surface area contributed by atoms with E-state index >= 15 is 0 Å². The molecule has 2 aromatic carbocycles.